The van der Waals surface area contributed by atoms with Crippen molar-refractivity contribution in [2.45, 2.75) is 31.9 Å². The topological polar surface area (TPSA) is 101 Å². The molecule has 1 aliphatic rings. The van der Waals surface area contributed by atoms with E-state index >= 15 is 0 Å². The molecule has 1 fully saturated rings. The van der Waals surface area contributed by atoms with Crippen LogP contribution >= 0.6 is 11.6 Å². The predicted octanol–water partition coefficient (Wildman–Crippen LogP) is 4.20. The maximum Gasteiger partial charge on any atom is 0.267 e. The molecule has 172 valence electrons. The quantitative estimate of drug-likeness (QED) is 0.290. The fourth-order valence-corrected chi connectivity index (χ4v) is 3.93. The van der Waals surface area contributed by atoms with Crippen LogP contribution in [0.15, 0.2) is 59.1 Å². The molecule has 0 atom stereocenters. The van der Waals surface area contributed by atoms with Gasteiger partial charge in [-0.3, -0.25) is 14.9 Å². The first-order chi connectivity index (χ1) is 16.1. The minimum atomic E-state index is -0.589. The molecule has 1 amide bonds. The third-order valence-corrected chi connectivity index (χ3v) is 5.94. The van der Waals surface area contributed by atoms with Crippen LogP contribution in [-0.2, 0) is 17.9 Å². The van der Waals surface area contributed by atoms with Gasteiger partial charge in [0.25, 0.3) is 11.8 Å². The summed E-state index contributed by atoms with van der Waals surface area (Å²) < 4.78 is 11.1. The summed E-state index contributed by atoms with van der Waals surface area (Å²) in [6, 6.07) is 15.1. The predicted molar refractivity (Wildman–Crippen MR) is 123 cm³/mol. The lowest BCUT2D eigenvalue weighted by Crippen LogP contribution is -2.32. The van der Waals surface area contributed by atoms with E-state index in [0.717, 1.165) is 54.4 Å². The Morgan fingerprint density at radius 1 is 1.21 bits per heavy atom. The van der Waals surface area contributed by atoms with Gasteiger partial charge in [-0.2, -0.15) is 4.98 Å². The van der Waals surface area contributed by atoms with Gasteiger partial charge in [0.05, 0.1) is 0 Å². The van der Waals surface area contributed by atoms with Gasteiger partial charge in [-0.25, -0.2) is 5.48 Å². The minimum absolute atomic E-state index is 0.181. The summed E-state index contributed by atoms with van der Waals surface area (Å²) in [5.41, 5.74) is 3.49. The first kappa shape index (κ1) is 23.0. The Hall–Kier alpha value is -3.20. The lowest BCUT2D eigenvalue weighted by Gasteiger charge is -2.30. The molecule has 1 aromatic heterocycles. The molecular formula is C24H25ClN4O4. The van der Waals surface area contributed by atoms with Crippen molar-refractivity contribution in [1.82, 2.24) is 20.5 Å². The molecule has 0 aliphatic carbocycles. The molecule has 0 saturated carbocycles. The molecule has 8 nitrogen and oxygen atoms in total. The van der Waals surface area contributed by atoms with Gasteiger partial charge in [0.15, 0.2) is 12.4 Å². The minimum Gasteiger partial charge on any atom is -0.484 e. The van der Waals surface area contributed by atoms with E-state index in [1.54, 1.807) is 35.8 Å². The van der Waals surface area contributed by atoms with Crippen LogP contribution in [0.2, 0.25) is 5.02 Å². The second kappa shape index (κ2) is 11.1. The third-order valence-electron chi connectivity index (χ3n) is 5.57. The summed E-state index contributed by atoms with van der Waals surface area (Å²) in [4.78, 5) is 18.0. The molecule has 0 unspecified atom stereocenters. The highest BCUT2D eigenvalue weighted by Gasteiger charge is 2.25. The Morgan fingerprint density at radius 3 is 2.70 bits per heavy atom. The number of ether oxygens (including phenoxy) is 1. The zero-order valence-corrected chi connectivity index (χ0v) is 18.7. The summed E-state index contributed by atoms with van der Waals surface area (Å²) in [5.74, 6) is 1.49. The molecular weight excluding hydrogens is 444 g/mol. The molecule has 2 aromatic carbocycles. The molecule has 1 aliphatic heterocycles. The first-order valence-corrected chi connectivity index (χ1v) is 11.1. The molecule has 0 radical (unpaired) electrons. The maximum atomic E-state index is 11.0. The van der Waals surface area contributed by atoms with Gasteiger partial charge in [0.2, 0.25) is 0 Å². The summed E-state index contributed by atoms with van der Waals surface area (Å²) in [5, 5.41) is 13.5. The average molecular weight is 469 g/mol. The molecule has 3 aromatic rings. The zero-order chi connectivity index (χ0) is 23.0. The van der Waals surface area contributed by atoms with Crippen LogP contribution in [0.4, 0.5) is 0 Å². The van der Waals surface area contributed by atoms with Crippen LogP contribution < -0.4 is 10.2 Å². The van der Waals surface area contributed by atoms with Crippen LogP contribution in [0.25, 0.3) is 6.08 Å². The summed E-state index contributed by atoms with van der Waals surface area (Å²) in [6.07, 6.45) is 4.75. The number of nitrogens with one attached hydrogen (secondary N) is 1. The normalized spacial score (nSPS) is 15.1. The van der Waals surface area contributed by atoms with Crippen LogP contribution in [0, 0.1) is 0 Å². The number of rotatable bonds is 8. The molecule has 1 saturated heterocycles. The van der Waals surface area contributed by atoms with E-state index in [1.165, 1.54) is 6.08 Å². The fourth-order valence-electron chi connectivity index (χ4n) is 3.74. The Morgan fingerprint density at radius 2 is 1.97 bits per heavy atom. The molecule has 4 rings (SSSR count). The molecule has 33 heavy (non-hydrogen) atoms. The van der Waals surface area contributed by atoms with E-state index in [-0.39, 0.29) is 12.5 Å². The standard InChI is InChI=1S/C24H25ClN4O4/c25-21-4-2-1-3-19(21)15-29-13-11-18(12-14-29)24-26-23(33-28-24)16-32-20-8-5-17(6-9-20)7-10-22(30)27-31/h1-10,18,31H,11-16H2,(H,27,30)/b10-7+. The molecule has 9 heteroatoms. The number of amides is 1. The Kier molecular flexibility index (Phi) is 7.72. The van der Waals surface area contributed by atoms with Crippen LogP contribution in [0.1, 0.15) is 41.6 Å². The van der Waals surface area contributed by atoms with Crippen molar-refractivity contribution in [3.8, 4) is 5.75 Å². The Bertz CT molecular complexity index is 1090. The lowest BCUT2D eigenvalue weighted by molar-refractivity contribution is -0.124. The van der Waals surface area contributed by atoms with E-state index in [0.29, 0.717) is 11.6 Å². The number of hydrogen-bond donors (Lipinski definition) is 2. The van der Waals surface area contributed by atoms with Crippen LogP contribution in [0.5, 0.6) is 5.75 Å². The van der Waals surface area contributed by atoms with Gasteiger partial charge in [-0.15, -0.1) is 0 Å². The van der Waals surface area contributed by atoms with E-state index in [4.69, 9.17) is 26.1 Å². The van der Waals surface area contributed by atoms with Crippen molar-refractivity contribution in [1.29, 1.82) is 0 Å². The molecule has 2 N–H and O–H groups in total. The number of hydrogen-bond acceptors (Lipinski definition) is 7. The summed E-state index contributed by atoms with van der Waals surface area (Å²) >= 11 is 6.29. The highest BCUT2D eigenvalue weighted by molar-refractivity contribution is 6.31. The van der Waals surface area contributed by atoms with Gasteiger partial charge >= 0.3 is 0 Å². The number of hydroxylamine groups is 1. The largest absolute Gasteiger partial charge is 0.484 e. The monoisotopic (exact) mass is 468 g/mol. The zero-order valence-electron chi connectivity index (χ0n) is 18.0. The molecule has 0 bridgehead atoms. The van der Waals surface area contributed by atoms with Crippen molar-refractivity contribution in [3.05, 3.63) is 82.5 Å². The highest BCUT2D eigenvalue weighted by atomic mass is 35.5. The van der Waals surface area contributed by atoms with Gasteiger partial charge < -0.3 is 9.26 Å². The lowest BCUT2D eigenvalue weighted by atomic mass is 9.96. The van der Waals surface area contributed by atoms with Gasteiger partial charge in [0, 0.05) is 23.6 Å². The van der Waals surface area contributed by atoms with Crippen molar-refractivity contribution in [2.24, 2.45) is 0 Å². The van der Waals surface area contributed by atoms with Crippen molar-refractivity contribution < 1.29 is 19.3 Å². The van der Waals surface area contributed by atoms with Gasteiger partial charge in [-0.1, -0.05) is 47.1 Å². The van der Waals surface area contributed by atoms with Gasteiger partial charge in [0.1, 0.15) is 5.75 Å². The highest BCUT2D eigenvalue weighted by Crippen LogP contribution is 2.28. The number of benzene rings is 2. The van der Waals surface area contributed by atoms with Crippen LogP contribution in [-0.4, -0.2) is 39.2 Å². The number of nitrogens with zero attached hydrogens (tertiary/aromatic N) is 3. The van der Waals surface area contributed by atoms with E-state index in [2.05, 4.69) is 21.1 Å². The number of carbonyl (C=O) groups is 1. The van der Waals surface area contributed by atoms with Crippen LogP contribution in [0.3, 0.4) is 0 Å². The Labute approximate surface area is 196 Å². The smallest absolute Gasteiger partial charge is 0.267 e. The van der Waals surface area contributed by atoms with E-state index in [1.807, 2.05) is 18.2 Å². The molecule has 2 heterocycles. The van der Waals surface area contributed by atoms with Gasteiger partial charge in [-0.05, 0) is 61.3 Å². The number of halogens is 1. The van der Waals surface area contributed by atoms with Crippen molar-refractivity contribution in [2.75, 3.05) is 13.1 Å². The SMILES string of the molecule is O=C(/C=C/c1ccc(OCc2nc(C3CCN(Cc4ccccc4Cl)CC3)no2)cc1)NO. The summed E-state index contributed by atoms with van der Waals surface area (Å²) in [6.45, 7) is 2.94. The first-order valence-electron chi connectivity index (χ1n) is 10.7. The van der Waals surface area contributed by atoms with Crippen molar-refractivity contribution in [3.63, 3.8) is 0 Å². The number of aromatic nitrogens is 2. The van der Waals surface area contributed by atoms with E-state index < -0.39 is 5.91 Å². The number of likely N-dealkylation sites (tertiary alicyclic amines) is 1. The third kappa shape index (κ3) is 6.41. The second-order valence-corrected chi connectivity index (χ2v) is 8.26. The maximum absolute atomic E-state index is 11.0. The number of carbonyl (C=O) groups excluding carboxylic acids is 1. The average Bonchev–Trinajstić information content (AvgIpc) is 3.33. The second-order valence-electron chi connectivity index (χ2n) is 7.86. The molecule has 0 spiro atoms. The van der Waals surface area contributed by atoms with Crippen molar-refractivity contribution >= 4 is 23.6 Å². The van der Waals surface area contributed by atoms with E-state index in [9.17, 15) is 4.79 Å². The Balaban J connectivity index is 1.24. The number of piperidine rings is 1. The fraction of sp³-hybridized carbons (Fsp3) is 0.292. The summed E-state index contributed by atoms with van der Waals surface area (Å²) in [7, 11) is 0.